The zero-order valence-electron chi connectivity index (χ0n) is 9.63. The predicted molar refractivity (Wildman–Crippen MR) is 66.0 cm³/mol. The standard InChI is InChI=1S/C14H16FN/c1-14(2,9-16)11-7-3-5-10-6-4-8-12(15)13(10)11/h3-8H,9,16H2,1-2H3. The Morgan fingerprint density at radius 3 is 2.38 bits per heavy atom. The van der Waals surface area contributed by atoms with Gasteiger partial charge in [-0.15, -0.1) is 0 Å². The van der Waals surface area contributed by atoms with Crippen molar-refractivity contribution in [2.24, 2.45) is 5.73 Å². The quantitative estimate of drug-likeness (QED) is 0.821. The molecule has 2 aromatic carbocycles. The lowest BCUT2D eigenvalue weighted by Crippen LogP contribution is -2.28. The van der Waals surface area contributed by atoms with Crippen LogP contribution < -0.4 is 5.73 Å². The topological polar surface area (TPSA) is 26.0 Å². The first kappa shape index (κ1) is 11.1. The fourth-order valence-corrected chi connectivity index (χ4v) is 1.97. The van der Waals surface area contributed by atoms with Crippen molar-refractivity contribution in [3.05, 3.63) is 47.8 Å². The third kappa shape index (κ3) is 1.69. The average Bonchev–Trinajstić information content (AvgIpc) is 2.29. The van der Waals surface area contributed by atoms with Gasteiger partial charge in [0, 0.05) is 17.3 Å². The maximum absolute atomic E-state index is 13.9. The molecule has 0 unspecified atom stereocenters. The first-order valence-corrected chi connectivity index (χ1v) is 5.44. The number of fused-ring (bicyclic) bond motifs is 1. The van der Waals surface area contributed by atoms with Gasteiger partial charge in [0.25, 0.3) is 0 Å². The lowest BCUT2D eigenvalue weighted by molar-refractivity contribution is 0.540. The smallest absolute Gasteiger partial charge is 0.131 e. The number of hydrogen-bond donors (Lipinski definition) is 1. The van der Waals surface area contributed by atoms with Crippen molar-refractivity contribution in [2.45, 2.75) is 19.3 Å². The van der Waals surface area contributed by atoms with E-state index >= 15 is 0 Å². The minimum atomic E-state index is -0.207. The van der Waals surface area contributed by atoms with Gasteiger partial charge in [-0.25, -0.2) is 4.39 Å². The van der Waals surface area contributed by atoms with E-state index in [1.807, 2.05) is 38.1 Å². The molecule has 2 heteroatoms. The summed E-state index contributed by atoms with van der Waals surface area (Å²) in [6.07, 6.45) is 0. The molecule has 0 aliphatic heterocycles. The van der Waals surface area contributed by atoms with Crippen molar-refractivity contribution >= 4 is 10.8 Å². The molecular weight excluding hydrogens is 201 g/mol. The molecule has 0 aromatic heterocycles. The van der Waals surface area contributed by atoms with Crippen molar-refractivity contribution in [1.29, 1.82) is 0 Å². The van der Waals surface area contributed by atoms with E-state index in [1.165, 1.54) is 6.07 Å². The minimum Gasteiger partial charge on any atom is -0.330 e. The Labute approximate surface area is 95.1 Å². The van der Waals surface area contributed by atoms with Crippen LogP contribution >= 0.6 is 0 Å². The van der Waals surface area contributed by atoms with Crippen LogP contribution in [0, 0.1) is 5.82 Å². The van der Waals surface area contributed by atoms with Gasteiger partial charge in [-0.2, -0.15) is 0 Å². The molecule has 1 nitrogen and oxygen atoms in total. The molecule has 0 saturated carbocycles. The van der Waals surface area contributed by atoms with Gasteiger partial charge < -0.3 is 5.73 Å². The Bertz CT molecular complexity index is 512. The molecule has 0 fully saturated rings. The van der Waals surface area contributed by atoms with E-state index in [1.54, 1.807) is 6.07 Å². The number of benzene rings is 2. The summed E-state index contributed by atoms with van der Waals surface area (Å²) in [6.45, 7) is 4.57. The molecule has 0 aliphatic rings. The van der Waals surface area contributed by atoms with Gasteiger partial charge in [0.05, 0.1) is 0 Å². The van der Waals surface area contributed by atoms with Crippen molar-refractivity contribution < 1.29 is 4.39 Å². The van der Waals surface area contributed by atoms with Crippen molar-refractivity contribution in [3.8, 4) is 0 Å². The molecule has 0 bridgehead atoms. The third-order valence-corrected chi connectivity index (χ3v) is 3.09. The minimum absolute atomic E-state index is 0.172. The van der Waals surface area contributed by atoms with Gasteiger partial charge in [-0.05, 0) is 17.0 Å². The van der Waals surface area contributed by atoms with Gasteiger partial charge in [0.2, 0.25) is 0 Å². The number of nitrogens with two attached hydrogens (primary N) is 1. The molecule has 84 valence electrons. The predicted octanol–water partition coefficient (Wildman–Crippen LogP) is 3.22. The van der Waals surface area contributed by atoms with Gasteiger partial charge in [0.1, 0.15) is 5.82 Å². The molecule has 0 atom stereocenters. The number of halogens is 1. The second-order valence-electron chi connectivity index (χ2n) is 4.73. The molecule has 0 heterocycles. The Hall–Kier alpha value is -1.41. The van der Waals surface area contributed by atoms with Gasteiger partial charge in [-0.1, -0.05) is 44.2 Å². The third-order valence-electron chi connectivity index (χ3n) is 3.09. The Morgan fingerprint density at radius 2 is 1.75 bits per heavy atom. The molecular formula is C14H16FN. The highest BCUT2D eigenvalue weighted by molar-refractivity contribution is 5.87. The molecule has 2 aromatic rings. The highest BCUT2D eigenvalue weighted by atomic mass is 19.1. The maximum Gasteiger partial charge on any atom is 0.131 e. The van der Waals surface area contributed by atoms with E-state index in [0.29, 0.717) is 11.9 Å². The van der Waals surface area contributed by atoms with Gasteiger partial charge >= 0.3 is 0 Å². The Balaban J connectivity index is 2.80. The molecule has 0 saturated heterocycles. The molecule has 0 aliphatic carbocycles. The fraction of sp³-hybridized carbons (Fsp3) is 0.286. The first-order valence-electron chi connectivity index (χ1n) is 5.44. The Kier molecular flexibility index (Phi) is 2.68. The van der Waals surface area contributed by atoms with Crippen LogP contribution in [0.15, 0.2) is 36.4 Å². The monoisotopic (exact) mass is 217 g/mol. The normalized spacial score (nSPS) is 12.0. The lowest BCUT2D eigenvalue weighted by atomic mass is 9.82. The lowest BCUT2D eigenvalue weighted by Gasteiger charge is -2.25. The second-order valence-corrected chi connectivity index (χ2v) is 4.73. The van der Waals surface area contributed by atoms with Crippen molar-refractivity contribution in [1.82, 2.24) is 0 Å². The van der Waals surface area contributed by atoms with E-state index in [4.69, 9.17) is 5.73 Å². The first-order chi connectivity index (χ1) is 7.56. The zero-order valence-corrected chi connectivity index (χ0v) is 9.63. The van der Waals surface area contributed by atoms with Crippen LogP contribution in [0.1, 0.15) is 19.4 Å². The van der Waals surface area contributed by atoms with Crippen LogP contribution in [0.2, 0.25) is 0 Å². The largest absolute Gasteiger partial charge is 0.330 e. The molecule has 0 amide bonds. The summed E-state index contributed by atoms with van der Waals surface area (Å²) in [6, 6.07) is 11.0. The summed E-state index contributed by atoms with van der Waals surface area (Å²) >= 11 is 0. The van der Waals surface area contributed by atoms with Crippen LogP contribution in [0.4, 0.5) is 4.39 Å². The van der Waals surface area contributed by atoms with E-state index in [2.05, 4.69) is 0 Å². The van der Waals surface area contributed by atoms with Crippen molar-refractivity contribution in [2.75, 3.05) is 6.54 Å². The fourth-order valence-electron chi connectivity index (χ4n) is 1.97. The summed E-state index contributed by atoms with van der Waals surface area (Å²) in [5.41, 5.74) is 6.53. The molecule has 2 rings (SSSR count). The summed E-state index contributed by atoms with van der Waals surface area (Å²) < 4.78 is 13.9. The molecule has 2 N–H and O–H groups in total. The van der Waals surface area contributed by atoms with E-state index in [0.717, 1.165) is 10.9 Å². The number of rotatable bonds is 2. The van der Waals surface area contributed by atoms with Crippen LogP contribution in [0.25, 0.3) is 10.8 Å². The van der Waals surface area contributed by atoms with E-state index < -0.39 is 0 Å². The van der Waals surface area contributed by atoms with E-state index in [9.17, 15) is 4.39 Å². The SMILES string of the molecule is CC(C)(CN)c1cccc2cccc(F)c12. The summed E-state index contributed by atoms with van der Waals surface area (Å²) in [7, 11) is 0. The Morgan fingerprint density at radius 1 is 1.12 bits per heavy atom. The summed E-state index contributed by atoms with van der Waals surface area (Å²) in [5, 5.41) is 1.62. The maximum atomic E-state index is 13.9. The van der Waals surface area contributed by atoms with Gasteiger partial charge in [0.15, 0.2) is 0 Å². The van der Waals surface area contributed by atoms with Crippen LogP contribution in [-0.4, -0.2) is 6.54 Å². The highest BCUT2D eigenvalue weighted by Gasteiger charge is 2.22. The van der Waals surface area contributed by atoms with Crippen molar-refractivity contribution in [3.63, 3.8) is 0 Å². The number of hydrogen-bond acceptors (Lipinski definition) is 1. The van der Waals surface area contributed by atoms with Crippen LogP contribution in [0.3, 0.4) is 0 Å². The van der Waals surface area contributed by atoms with Crippen LogP contribution in [-0.2, 0) is 5.41 Å². The zero-order chi connectivity index (χ0) is 11.8. The van der Waals surface area contributed by atoms with Crippen LogP contribution in [0.5, 0.6) is 0 Å². The second kappa shape index (κ2) is 3.87. The molecule has 0 radical (unpaired) electrons. The highest BCUT2D eigenvalue weighted by Crippen LogP contribution is 2.31. The van der Waals surface area contributed by atoms with Gasteiger partial charge in [-0.3, -0.25) is 0 Å². The summed E-state index contributed by atoms with van der Waals surface area (Å²) in [4.78, 5) is 0. The average molecular weight is 217 g/mol. The summed E-state index contributed by atoms with van der Waals surface area (Å²) in [5.74, 6) is -0.172. The van der Waals surface area contributed by atoms with E-state index in [-0.39, 0.29) is 11.2 Å². The molecule has 0 spiro atoms. The molecule has 16 heavy (non-hydrogen) atoms.